The van der Waals surface area contributed by atoms with Crippen molar-refractivity contribution in [2.24, 2.45) is 0 Å². The van der Waals surface area contributed by atoms with Crippen molar-refractivity contribution in [3.63, 3.8) is 0 Å². The topological polar surface area (TPSA) is 49.8 Å². The van der Waals surface area contributed by atoms with Crippen LogP contribution in [-0.2, 0) is 0 Å². The van der Waals surface area contributed by atoms with Crippen LogP contribution in [0, 0.1) is 12.7 Å². The number of halogens is 1. The maximum atomic E-state index is 13.5. The van der Waals surface area contributed by atoms with Gasteiger partial charge in [0.1, 0.15) is 11.6 Å². The fourth-order valence-corrected chi connectivity index (χ4v) is 2.23. The van der Waals surface area contributed by atoms with Gasteiger partial charge in [-0.25, -0.2) is 9.37 Å². The molecule has 0 aliphatic carbocycles. The SMILES string of the molecule is CNc1nc(Nc2cc(C)cc(F)c2)c2ccccc2n1. The van der Waals surface area contributed by atoms with E-state index in [1.165, 1.54) is 12.1 Å². The van der Waals surface area contributed by atoms with Crippen molar-refractivity contribution in [3.8, 4) is 0 Å². The summed E-state index contributed by atoms with van der Waals surface area (Å²) in [6.45, 7) is 1.85. The number of aromatic nitrogens is 2. The number of rotatable bonds is 3. The molecule has 2 N–H and O–H groups in total. The molecule has 0 bridgehead atoms. The monoisotopic (exact) mass is 282 g/mol. The van der Waals surface area contributed by atoms with Crippen LogP contribution in [0.3, 0.4) is 0 Å². The number of nitrogens with zero attached hydrogens (tertiary/aromatic N) is 2. The standard InChI is InChI=1S/C16H15FN4/c1-10-7-11(17)9-12(8-10)19-15-13-5-3-4-6-14(13)20-16(18-2)21-15/h3-9H,1-2H3,(H2,18,19,20,21). The zero-order valence-corrected chi connectivity index (χ0v) is 11.8. The fraction of sp³-hybridized carbons (Fsp3) is 0.125. The number of benzene rings is 2. The van der Waals surface area contributed by atoms with Crippen LogP contribution in [0.1, 0.15) is 5.56 Å². The largest absolute Gasteiger partial charge is 0.357 e. The van der Waals surface area contributed by atoms with Crippen molar-refractivity contribution in [2.45, 2.75) is 6.92 Å². The Morgan fingerprint density at radius 2 is 1.86 bits per heavy atom. The van der Waals surface area contributed by atoms with Crippen molar-refractivity contribution in [3.05, 3.63) is 53.8 Å². The first kappa shape index (κ1) is 13.3. The molecule has 21 heavy (non-hydrogen) atoms. The van der Waals surface area contributed by atoms with E-state index in [1.54, 1.807) is 7.05 Å². The lowest BCUT2D eigenvalue weighted by molar-refractivity contribution is 0.627. The molecule has 0 spiro atoms. The molecule has 0 unspecified atom stereocenters. The predicted molar refractivity (Wildman–Crippen MR) is 83.5 cm³/mol. The van der Waals surface area contributed by atoms with Crippen LogP contribution in [0.25, 0.3) is 10.9 Å². The first-order valence-electron chi connectivity index (χ1n) is 6.64. The van der Waals surface area contributed by atoms with Gasteiger partial charge >= 0.3 is 0 Å². The summed E-state index contributed by atoms with van der Waals surface area (Å²) in [6, 6.07) is 12.5. The van der Waals surface area contributed by atoms with Crippen LogP contribution in [0.15, 0.2) is 42.5 Å². The van der Waals surface area contributed by atoms with E-state index in [2.05, 4.69) is 20.6 Å². The Bertz CT molecular complexity index is 781. The lowest BCUT2D eigenvalue weighted by Gasteiger charge is -2.11. The lowest BCUT2D eigenvalue weighted by atomic mass is 10.2. The minimum atomic E-state index is -0.273. The van der Waals surface area contributed by atoms with Crippen molar-refractivity contribution in [1.82, 2.24) is 9.97 Å². The normalized spacial score (nSPS) is 10.6. The van der Waals surface area contributed by atoms with Crippen LogP contribution in [0.5, 0.6) is 0 Å². The molecule has 1 heterocycles. The number of hydrogen-bond donors (Lipinski definition) is 2. The van der Waals surface area contributed by atoms with E-state index in [4.69, 9.17) is 0 Å². The van der Waals surface area contributed by atoms with E-state index >= 15 is 0 Å². The van der Waals surface area contributed by atoms with Crippen LogP contribution < -0.4 is 10.6 Å². The summed E-state index contributed by atoms with van der Waals surface area (Å²) in [6.07, 6.45) is 0. The van der Waals surface area contributed by atoms with Gasteiger partial charge in [0.2, 0.25) is 5.95 Å². The Kier molecular flexibility index (Phi) is 3.39. The molecule has 0 saturated carbocycles. The Labute approximate surface area is 122 Å². The minimum Gasteiger partial charge on any atom is -0.357 e. The van der Waals surface area contributed by atoms with Crippen LogP contribution in [0.2, 0.25) is 0 Å². The zero-order chi connectivity index (χ0) is 14.8. The summed E-state index contributed by atoms with van der Waals surface area (Å²) in [4.78, 5) is 8.81. The van der Waals surface area contributed by atoms with Crippen molar-refractivity contribution in [2.75, 3.05) is 17.7 Å². The van der Waals surface area contributed by atoms with Crippen LogP contribution >= 0.6 is 0 Å². The molecule has 0 radical (unpaired) electrons. The van der Waals surface area contributed by atoms with Crippen molar-refractivity contribution < 1.29 is 4.39 Å². The molecule has 3 rings (SSSR count). The molecule has 0 aliphatic rings. The molecule has 3 aromatic rings. The van der Waals surface area contributed by atoms with Gasteiger partial charge in [-0.2, -0.15) is 4.98 Å². The van der Waals surface area contributed by atoms with Gasteiger partial charge in [0, 0.05) is 18.1 Å². The zero-order valence-electron chi connectivity index (χ0n) is 11.8. The third-order valence-corrected chi connectivity index (χ3v) is 3.13. The number of nitrogens with one attached hydrogen (secondary N) is 2. The van der Waals surface area contributed by atoms with Gasteiger partial charge in [-0.3, -0.25) is 0 Å². The fourth-order valence-electron chi connectivity index (χ4n) is 2.23. The summed E-state index contributed by atoms with van der Waals surface area (Å²) in [5, 5.41) is 6.99. The van der Waals surface area contributed by atoms with Gasteiger partial charge < -0.3 is 10.6 Å². The van der Waals surface area contributed by atoms with Gasteiger partial charge in [-0.1, -0.05) is 12.1 Å². The lowest BCUT2D eigenvalue weighted by Crippen LogP contribution is -2.02. The molecule has 0 amide bonds. The van der Waals surface area contributed by atoms with Crippen molar-refractivity contribution in [1.29, 1.82) is 0 Å². The van der Waals surface area contributed by atoms with Gasteiger partial charge in [0.05, 0.1) is 5.52 Å². The third kappa shape index (κ3) is 2.76. The molecule has 5 heteroatoms. The van der Waals surface area contributed by atoms with Gasteiger partial charge in [-0.05, 0) is 42.8 Å². The maximum Gasteiger partial charge on any atom is 0.224 e. The first-order valence-corrected chi connectivity index (χ1v) is 6.64. The molecular weight excluding hydrogens is 267 g/mol. The minimum absolute atomic E-state index is 0.273. The highest BCUT2D eigenvalue weighted by Crippen LogP contribution is 2.25. The first-order chi connectivity index (χ1) is 10.2. The Morgan fingerprint density at radius 3 is 2.62 bits per heavy atom. The molecule has 2 aromatic carbocycles. The van der Waals surface area contributed by atoms with Crippen LogP contribution in [0.4, 0.5) is 21.8 Å². The third-order valence-electron chi connectivity index (χ3n) is 3.13. The molecule has 0 fully saturated rings. The Morgan fingerprint density at radius 1 is 1.05 bits per heavy atom. The highest BCUT2D eigenvalue weighted by Gasteiger charge is 2.07. The van der Waals surface area contributed by atoms with E-state index < -0.39 is 0 Å². The summed E-state index contributed by atoms with van der Waals surface area (Å²) < 4.78 is 13.5. The summed E-state index contributed by atoms with van der Waals surface area (Å²) in [7, 11) is 1.76. The second-order valence-corrected chi connectivity index (χ2v) is 4.81. The number of aryl methyl sites for hydroxylation is 1. The number of fused-ring (bicyclic) bond motifs is 1. The molecule has 106 valence electrons. The number of para-hydroxylation sites is 1. The van der Waals surface area contributed by atoms with Gasteiger partial charge in [0.25, 0.3) is 0 Å². The van der Waals surface area contributed by atoms with E-state index in [9.17, 15) is 4.39 Å². The highest BCUT2D eigenvalue weighted by molar-refractivity contribution is 5.91. The van der Waals surface area contributed by atoms with Crippen LogP contribution in [-0.4, -0.2) is 17.0 Å². The van der Waals surface area contributed by atoms with E-state index in [1.807, 2.05) is 37.3 Å². The highest BCUT2D eigenvalue weighted by atomic mass is 19.1. The summed E-state index contributed by atoms with van der Waals surface area (Å²) in [5.74, 6) is 0.893. The van der Waals surface area contributed by atoms with Crippen molar-refractivity contribution >= 4 is 28.4 Å². The maximum absolute atomic E-state index is 13.5. The summed E-state index contributed by atoms with van der Waals surface area (Å²) >= 11 is 0. The average molecular weight is 282 g/mol. The Balaban J connectivity index is 2.10. The second-order valence-electron chi connectivity index (χ2n) is 4.81. The van der Waals surface area contributed by atoms with Gasteiger partial charge in [0.15, 0.2) is 0 Å². The molecule has 0 saturated heterocycles. The van der Waals surface area contributed by atoms with Gasteiger partial charge in [-0.15, -0.1) is 0 Å². The number of hydrogen-bond acceptors (Lipinski definition) is 4. The molecule has 4 nitrogen and oxygen atoms in total. The van der Waals surface area contributed by atoms with E-state index in [0.717, 1.165) is 16.5 Å². The number of anilines is 3. The molecular formula is C16H15FN4. The molecule has 0 atom stereocenters. The smallest absolute Gasteiger partial charge is 0.224 e. The van der Waals surface area contributed by atoms with E-state index in [-0.39, 0.29) is 5.82 Å². The molecule has 1 aromatic heterocycles. The quantitative estimate of drug-likeness (QED) is 0.766. The van der Waals surface area contributed by atoms with E-state index in [0.29, 0.717) is 17.5 Å². The summed E-state index contributed by atoms with van der Waals surface area (Å²) in [5.41, 5.74) is 2.34. The Hall–Kier alpha value is -2.69. The predicted octanol–water partition coefficient (Wildman–Crippen LogP) is 3.86. The second kappa shape index (κ2) is 5.36. The molecule has 0 aliphatic heterocycles. The average Bonchev–Trinajstić information content (AvgIpc) is 2.46.